The number of rotatable bonds is 7. The van der Waals surface area contributed by atoms with Crippen LogP contribution in [0.3, 0.4) is 0 Å². The fraction of sp³-hybridized carbons (Fsp3) is 0.0952. The fourth-order valence-electron chi connectivity index (χ4n) is 2.98. The maximum Gasteiger partial charge on any atom is 0.244 e. The topological polar surface area (TPSA) is 80.5 Å². The number of nitrogens with zero attached hydrogens (tertiary/aromatic N) is 1. The van der Waals surface area contributed by atoms with E-state index in [1.54, 1.807) is 30.3 Å². The predicted molar refractivity (Wildman–Crippen MR) is 114 cm³/mol. The highest BCUT2D eigenvalue weighted by Gasteiger charge is 2.36. The summed E-state index contributed by atoms with van der Waals surface area (Å²) in [5.41, 5.74) is 6.33. The highest BCUT2D eigenvalue weighted by atomic mass is 35.5. The minimum atomic E-state index is -4.21. The molecule has 0 spiro atoms. The lowest BCUT2D eigenvalue weighted by atomic mass is 10.1. The molecule has 0 aliphatic carbocycles. The second-order valence-corrected chi connectivity index (χ2v) is 9.19. The summed E-state index contributed by atoms with van der Waals surface area (Å²) >= 11 is 12.0. The lowest BCUT2D eigenvalue weighted by Gasteiger charge is -2.29. The van der Waals surface area contributed by atoms with Crippen LogP contribution in [0.25, 0.3) is 0 Å². The van der Waals surface area contributed by atoms with Gasteiger partial charge in [-0.3, -0.25) is 4.79 Å². The quantitative estimate of drug-likeness (QED) is 0.554. The number of sulfonamides is 1. The van der Waals surface area contributed by atoms with Crippen molar-refractivity contribution < 1.29 is 17.6 Å². The number of hydrogen-bond acceptors (Lipinski definition) is 3. The third-order valence-corrected chi connectivity index (χ3v) is 6.86. The van der Waals surface area contributed by atoms with Crippen LogP contribution in [-0.4, -0.2) is 18.6 Å². The van der Waals surface area contributed by atoms with Gasteiger partial charge in [0, 0.05) is 16.6 Å². The van der Waals surface area contributed by atoms with Crippen LogP contribution in [0.4, 0.5) is 4.39 Å². The van der Waals surface area contributed by atoms with Gasteiger partial charge in [0.15, 0.2) is 0 Å². The summed E-state index contributed by atoms with van der Waals surface area (Å²) in [6.45, 7) is -0.299. The normalized spacial score (nSPS) is 12.7. The zero-order valence-corrected chi connectivity index (χ0v) is 17.8. The average molecular weight is 467 g/mol. The number of carbonyl (C=O) groups excluding carboxylic acids is 1. The van der Waals surface area contributed by atoms with Crippen molar-refractivity contribution in [3.8, 4) is 0 Å². The van der Waals surface area contributed by atoms with Gasteiger partial charge in [-0.25, -0.2) is 12.8 Å². The number of primary amides is 1. The number of benzene rings is 3. The van der Waals surface area contributed by atoms with E-state index >= 15 is 0 Å². The molecular formula is C21H17Cl2FN2O3S. The maximum atomic E-state index is 13.5. The molecule has 0 aromatic heterocycles. The zero-order chi connectivity index (χ0) is 21.9. The monoisotopic (exact) mass is 466 g/mol. The van der Waals surface area contributed by atoms with E-state index in [1.807, 2.05) is 0 Å². The first-order chi connectivity index (χ1) is 14.2. The molecule has 3 rings (SSSR count). The first kappa shape index (κ1) is 22.2. The Morgan fingerprint density at radius 3 is 2.20 bits per heavy atom. The number of nitrogens with two attached hydrogens (primary N) is 1. The maximum absolute atomic E-state index is 13.5. The number of halogens is 3. The van der Waals surface area contributed by atoms with Crippen molar-refractivity contribution in [1.29, 1.82) is 0 Å². The molecule has 0 saturated carbocycles. The van der Waals surface area contributed by atoms with Gasteiger partial charge in [-0.05, 0) is 47.5 Å². The second kappa shape index (κ2) is 9.14. The molecular weight excluding hydrogens is 450 g/mol. The van der Waals surface area contributed by atoms with E-state index in [0.717, 1.165) is 16.4 Å². The SMILES string of the molecule is NC(=O)[C@@H](c1ccccc1)N(Cc1ccc(F)cc1Cl)S(=O)(=O)c1ccc(Cl)cc1. The van der Waals surface area contributed by atoms with Gasteiger partial charge in [-0.1, -0.05) is 59.6 Å². The zero-order valence-electron chi connectivity index (χ0n) is 15.5. The van der Waals surface area contributed by atoms with Crippen molar-refractivity contribution in [2.45, 2.75) is 17.5 Å². The standard InChI is InChI=1S/C21H17Cl2FN2O3S/c22-16-7-10-18(11-8-16)30(28,29)26(13-15-6-9-17(24)12-19(15)23)20(21(25)27)14-4-2-1-3-5-14/h1-12,20H,13H2,(H2,25,27)/t20-/m1/s1. The van der Waals surface area contributed by atoms with Gasteiger partial charge < -0.3 is 5.73 Å². The van der Waals surface area contributed by atoms with Crippen LogP contribution in [-0.2, 0) is 21.4 Å². The van der Waals surface area contributed by atoms with Crippen LogP contribution >= 0.6 is 23.2 Å². The summed E-state index contributed by atoms with van der Waals surface area (Å²) in [5.74, 6) is -1.43. The number of amides is 1. The largest absolute Gasteiger partial charge is 0.368 e. The minimum Gasteiger partial charge on any atom is -0.368 e. The van der Waals surface area contributed by atoms with Gasteiger partial charge in [0.1, 0.15) is 11.9 Å². The van der Waals surface area contributed by atoms with Crippen LogP contribution in [0.15, 0.2) is 77.7 Å². The molecule has 0 fully saturated rings. The molecule has 1 amide bonds. The van der Waals surface area contributed by atoms with E-state index in [-0.39, 0.29) is 16.5 Å². The molecule has 0 aliphatic heterocycles. The van der Waals surface area contributed by atoms with Crippen molar-refractivity contribution in [2.24, 2.45) is 5.73 Å². The Kier molecular flexibility index (Phi) is 6.77. The summed E-state index contributed by atoms with van der Waals surface area (Å²) < 4.78 is 41.4. The first-order valence-electron chi connectivity index (χ1n) is 8.76. The Labute approximate surface area is 183 Å². The Morgan fingerprint density at radius 1 is 1.00 bits per heavy atom. The lowest BCUT2D eigenvalue weighted by Crippen LogP contribution is -2.41. The van der Waals surface area contributed by atoms with Crippen molar-refractivity contribution in [1.82, 2.24) is 4.31 Å². The predicted octanol–water partition coefficient (Wildman–Crippen LogP) is 4.55. The molecule has 0 unspecified atom stereocenters. The Morgan fingerprint density at radius 2 is 1.63 bits per heavy atom. The van der Waals surface area contributed by atoms with Crippen LogP contribution in [0.5, 0.6) is 0 Å². The van der Waals surface area contributed by atoms with Gasteiger partial charge in [0.05, 0.1) is 4.90 Å². The van der Waals surface area contributed by atoms with Gasteiger partial charge in [-0.2, -0.15) is 4.31 Å². The first-order valence-corrected chi connectivity index (χ1v) is 11.0. The smallest absolute Gasteiger partial charge is 0.244 e. The molecule has 9 heteroatoms. The van der Waals surface area contributed by atoms with Crippen LogP contribution in [0.2, 0.25) is 10.0 Å². The van der Waals surface area contributed by atoms with E-state index in [9.17, 15) is 17.6 Å². The van der Waals surface area contributed by atoms with Gasteiger partial charge >= 0.3 is 0 Å². The molecule has 0 heterocycles. The summed E-state index contributed by atoms with van der Waals surface area (Å²) in [4.78, 5) is 12.3. The van der Waals surface area contributed by atoms with Gasteiger partial charge in [-0.15, -0.1) is 0 Å². The molecule has 0 saturated heterocycles. The minimum absolute atomic E-state index is 0.0302. The Hall–Kier alpha value is -2.45. The lowest BCUT2D eigenvalue weighted by molar-refractivity contribution is -0.122. The van der Waals surface area contributed by atoms with E-state index in [0.29, 0.717) is 16.1 Å². The molecule has 30 heavy (non-hydrogen) atoms. The van der Waals surface area contributed by atoms with Crippen molar-refractivity contribution in [3.05, 3.63) is 99.8 Å². The van der Waals surface area contributed by atoms with Gasteiger partial charge in [0.2, 0.25) is 15.9 Å². The number of hydrogen-bond donors (Lipinski definition) is 1. The van der Waals surface area contributed by atoms with Gasteiger partial charge in [0.25, 0.3) is 0 Å². The third-order valence-electron chi connectivity index (χ3n) is 4.43. The third kappa shape index (κ3) is 4.82. The molecule has 0 bridgehead atoms. The molecule has 3 aromatic carbocycles. The van der Waals surface area contributed by atoms with Crippen molar-refractivity contribution in [2.75, 3.05) is 0 Å². The van der Waals surface area contributed by atoms with Crippen molar-refractivity contribution in [3.63, 3.8) is 0 Å². The van der Waals surface area contributed by atoms with Crippen LogP contribution in [0, 0.1) is 5.82 Å². The highest BCUT2D eigenvalue weighted by molar-refractivity contribution is 7.89. The van der Waals surface area contributed by atoms with E-state index in [1.165, 1.54) is 30.3 Å². The molecule has 156 valence electrons. The van der Waals surface area contributed by atoms with E-state index in [2.05, 4.69) is 0 Å². The van der Waals surface area contributed by atoms with Crippen molar-refractivity contribution >= 4 is 39.1 Å². The highest BCUT2D eigenvalue weighted by Crippen LogP contribution is 2.32. The molecule has 1 atom stereocenters. The average Bonchev–Trinajstić information content (AvgIpc) is 2.70. The Balaban J connectivity index is 2.16. The molecule has 2 N–H and O–H groups in total. The van der Waals surface area contributed by atoms with E-state index in [4.69, 9.17) is 28.9 Å². The molecule has 5 nitrogen and oxygen atoms in total. The summed E-state index contributed by atoms with van der Waals surface area (Å²) in [7, 11) is -4.21. The second-order valence-electron chi connectivity index (χ2n) is 6.46. The molecule has 3 aromatic rings. The van der Waals surface area contributed by atoms with Crippen LogP contribution < -0.4 is 5.73 Å². The summed E-state index contributed by atoms with van der Waals surface area (Å²) in [6, 6.07) is 16.1. The van der Waals surface area contributed by atoms with E-state index < -0.39 is 27.8 Å². The van der Waals surface area contributed by atoms with Crippen LogP contribution in [0.1, 0.15) is 17.2 Å². The molecule has 0 aliphatic rings. The number of carbonyl (C=O) groups is 1. The molecule has 0 radical (unpaired) electrons. The summed E-state index contributed by atoms with van der Waals surface area (Å²) in [6.07, 6.45) is 0. The summed E-state index contributed by atoms with van der Waals surface area (Å²) in [5, 5.41) is 0.388. The fourth-order valence-corrected chi connectivity index (χ4v) is 4.90. The Bertz CT molecular complexity index is 1160.